The number of amides is 1. The largest absolute Gasteiger partial charge is 0.481 e. The highest BCUT2D eigenvalue weighted by Crippen LogP contribution is 2.22. The molecule has 0 aliphatic carbocycles. The summed E-state index contributed by atoms with van der Waals surface area (Å²) in [6.45, 7) is 19.2. The first kappa shape index (κ1) is 39.6. The van der Waals surface area contributed by atoms with Gasteiger partial charge in [-0.1, -0.05) is 19.8 Å². The molecule has 13 nitrogen and oxygen atoms in total. The van der Waals surface area contributed by atoms with Crippen molar-refractivity contribution in [2.45, 2.75) is 83.9 Å². The van der Waals surface area contributed by atoms with Crippen molar-refractivity contribution in [3.05, 3.63) is 24.3 Å². The van der Waals surface area contributed by atoms with E-state index in [4.69, 9.17) is 9.47 Å². The maximum absolute atomic E-state index is 12.8. The highest BCUT2D eigenvalue weighted by atomic mass is 32.2. The van der Waals surface area contributed by atoms with E-state index in [2.05, 4.69) is 56.1 Å². The highest BCUT2D eigenvalue weighted by Gasteiger charge is 2.53. The zero-order valence-corrected chi connectivity index (χ0v) is 28.8. The number of carboxylic acids is 2. The minimum Gasteiger partial charge on any atom is -0.481 e. The van der Waals surface area contributed by atoms with E-state index in [1.165, 1.54) is 29.2 Å². The van der Waals surface area contributed by atoms with Crippen molar-refractivity contribution in [2.75, 3.05) is 52.4 Å². The normalized spacial score (nSPS) is 14.5. The van der Waals surface area contributed by atoms with Crippen LogP contribution in [-0.2, 0) is 24.3 Å². The SMILES string of the molecule is CC#CCOc1ccc(S(=O)(=O)NCC(C(=O)O)(C(=O)O)N2CCN(C(=O)OC(C)(C)C)CC2)cc1.CCN(CC)C(C)(C)C. The molecule has 1 aliphatic heterocycles. The molecule has 0 aromatic heterocycles. The minimum absolute atomic E-state index is 0.00778. The summed E-state index contributed by atoms with van der Waals surface area (Å²) in [5.41, 5.74) is -2.97. The Hall–Kier alpha value is -3.38. The first-order valence-corrected chi connectivity index (χ1v) is 16.3. The second kappa shape index (κ2) is 16.8. The molecular weight excluding hydrogens is 604 g/mol. The third-order valence-corrected chi connectivity index (χ3v) is 8.45. The van der Waals surface area contributed by atoms with E-state index in [9.17, 15) is 33.0 Å². The summed E-state index contributed by atoms with van der Waals surface area (Å²) in [4.78, 5) is 41.4. The van der Waals surface area contributed by atoms with Crippen molar-refractivity contribution in [3.8, 4) is 17.6 Å². The van der Waals surface area contributed by atoms with Crippen molar-refractivity contribution in [3.63, 3.8) is 0 Å². The number of hydrogen-bond donors (Lipinski definition) is 3. The predicted octanol–water partition coefficient (Wildman–Crippen LogP) is 2.95. The average Bonchev–Trinajstić information content (AvgIpc) is 2.93. The van der Waals surface area contributed by atoms with E-state index in [-0.39, 0.29) is 37.7 Å². The number of nitrogens with zero attached hydrogens (tertiary/aromatic N) is 3. The van der Waals surface area contributed by atoms with Gasteiger partial charge < -0.3 is 24.6 Å². The average molecular weight is 655 g/mol. The molecule has 0 bridgehead atoms. The van der Waals surface area contributed by atoms with Crippen LogP contribution in [0, 0.1) is 11.8 Å². The second-order valence-corrected chi connectivity index (χ2v) is 14.0. The molecule has 45 heavy (non-hydrogen) atoms. The number of nitrogens with one attached hydrogen (secondary N) is 1. The van der Waals surface area contributed by atoms with Crippen LogP contribution in [0.15, 0.2) is 29.2 Å². The van der Waals surface area contributed by atoms with Crippen molar-refractivity contribution in [1.82, 2.24) is 19.4 Å². The lowest BCUT2D eigenvalue weighted by molar-refractivity contribution is -0.168. The Morgan fingerprint density at radius 2 is 1.44 bits per heavy atom. The van der Waals surface area contributed by atoms with Crippen LogP contribution in [0.2, 0.25) is 0 Å². The van der Waals surface area contributed by atoms with Gasteiger partial charge in [-0.05, 0) is 85.8 Å². The zero-order chi connectivity index (χ0) is 34.6. The number of benzene rings is 1. The molecule has 0 saturated carbocycles. The lowest BCUT2D eigenvalue weighted by atomic mass is 9.96. The molecule has 1 aromatic rings. The standard InChI is InChI=1S/C23H31N3O9S.C8H19N/c1-5-6-15-34-17-7-9-18(10-8-17)36(32,33)24-16-23(19(27)28,20(29)30)26-13-11-25(12-14-26)21(31)35-22(2,3)4;1-6-9(7-2)8(3,4)5/h7-10,24H,11-16H2,1-4H3,(H,27,28)(H,29,30);6-7H2,1-5H3. The number of rotatable bonds is 11. The summed E-state index contributed by atoms with van der Waals surface area (Å²) in [5.74, 6) is 2.28. The molecule has 1 heterocycles. The Morgan fingerprint density at radius 1 is 0.933 bits per heavy atom. The minimum atomic E-state index is -4.26. The Kier molecular flexibility index (Phi) is 14.8. The van der Waals surface area contributed by atoms with Gasteiger partial charge in [-0.25, -0.2) is 27.5 Å². The van der Waals surface area contributed by atoms with Gasteiger partial charge in [0, 0.05) is 31.7 Å². The Balaban J connectivity index is 0.000000975. The fourth-order valence-corrected chi connectivity index (χ4v) is 5.64. The molecule has 0 spiro atoms. The van der Waals surface area contributed by atoms with Gasteiger partial charge in [0.05, 0.1) is 11.4 Å². The number of carbonyl (C=O) groups is 3. The number of hydrogen-bond acceptors (Lipinski definition) is 9. The number of ether oxygens (including phenoxy) is 2. The number of sulfonamides is 1. The fourth-order valence-electron chi connectivity index (χ4n) is 4.58. The molecule has 1 amide bonds. The third-order valence-electron chi connectivity index (χ3n) is 7.03. The third kappa shape index (κ3) is 11.8. The quantitative estimate of drug-likeness (QED) is 0.237. The topological polar surface area (TPSA) is 166 Å². The lowest BCUT2D eigenvalue weighted by Gasteiger charge is -2.42. The van der Waals surface area contributed by atoms with Crippen LogP contribution in [-0.4, -0.2) is 120 Å². The van der Waals surface area contributed by atoms with Gasteiger partial charge in [-0.2, -0.15) is 0 Å². The van der Waals surface area contributed by atoms with Gasteiger partial charge in [0.15, 0.2) is 0 Å². The molecule has 254 valence electrons. The summed E-state index contributed by atoms with van der Waals surface area (Å²) >= 11 is 0. The first-order valence-electron chi connectivity index (χ1n) is 14.8. The van der Waals surface area contributed by atoms with E-state index in [0.717, 1.165) is 18.0 Å². The number of carboxylic acid groups (broad SMARTS) is 2. The van der Waals surface area contributed by atoms with Crippen molar-refractivity contribution in [1.29, 1.82) is 0 Å². The molecule has 1 saturated heterocycles. The molecule has 0 unspecified atom stereocenters. The second-order valence-electron chi connectivity index (χ2n) is 12.3. The van der Waals surface area contributed by atoms with Gasteiger partial charge >= 0.3 is 18.0 Å². The van der Waals surface area contributed by atoms with Crippen LogP contribution >= 0.6 is 0 Å². The molecule has 0 radical (unpaired) electrons. The molecular formula is C31H50N4O9S. The summed E-state index contributed by atoms with van der Waals surface area (Å²) in [6, 6.07) is 5.31. The van der Waals surface area contributed by atoms with E-state index >= 15 is 0 Å². The van der Waals surface area contributed by atoms with E-state index in [0.29, 0.717) is 11.3 Å². The van der Waals surface area contributed by atoms with E-state index in [1.54, 1.807) is 27.7 Å². The van der Waals surface area contributed by atoms with Gasteiger partial charge in [0.25, 0.3) is 0 Å². The van der Waals surface area contributed by atoms with Crippen molar-refractivity contribution < 1.29 is 42.5 Å². The molecule has 1 fully saturated rings. The number of aliphatic carboxylic acids is 2. The predicted molar refractivity (Wildman–Crippen MR) is 171 cm³/mol. The van der Waals surface area contributed by atoms with Gasteiger partial charge in [0.2, 0.25) is 15.6 Å². The zero-order valence-electron chi connectivity index (χ0n) is 28.0. The van der Waals surface area contributed by atoms with Crippen LogP contribution in [0.4, 0.5) is 4.79 Å². The lowest BCUT2D eigenvalue weighted by Crippen LogP contribution is -2.69. The summed E-state index contributed by atoms with van der Waals surface area (Å²) < 4.78 is 38.4. The summed E-state index contributed by atoms with van der Waals surface area (Å²) in [5, 5.41) is 19.8. The molecule has 0 atom stereocenters. The van der Waals surface area contributed by atoms with Crippen molar-refractivity contribution in [2.24, 2.45) is 0 Å². The maximum atomic E-state index is 12.8. The van der Waals surface area contributed by atoms with Crippen LogP contribution < -0.4 is 9.46 Å². The Bertz CT molecular complexity index is 1280. The Labute approximate surface area is 267 Å². The van der Waals surface area contributed by atoms with Gasteiger partial charge in [-0.15, -0.1) is 5.92 Å². The smallest absolute Gasteiger partial charge is 0.410 e. The van der Waals surface area contributed by atoms with Crippen LogP contribution in [0.5, 0.6) is 5.75 Å². The van der Waals surface area contributed by atoms with Gasteiger partial charge in [0.1, 0.15) is 18.0 Å². The van der Waals surface area contributed by atoms with Crippen LogP contribution in [0.1, 0.15) is 62.3 Å². The number of piperazine rings is 1. The molecule has 2 rings (SSSR count). The van der Waals surface area contributed by atoms with Crippen LogP contribution in [0.25, 0.3) is 0 Å². The maximum Gasteiger partial charge on any atom is 0.410 e. The van der Waals surface area contributed by atoms with Crippen molar-refractivity contribution >= 4 is 28.1 Å². The number of carbonyl (C=O) groups excluding carboxylic acids is 1. The molecule has 14 heteroatoms. The highest BCUT2D eigenvalue weighted by molar-refractivity contribution is 7.89. The fraction of sp³-hybridized carbons (Fsp3) is 0.645. The van der Waals surface area contributed by atoms with Gasteiger partial charge in [-0.3, -0.25) is 9.80 Å². The molecule has 3 N–H and O–H groups in total. The summed E-state index contributed by atoms with van der Waals surface area (Å²) in [6.07, 6.45) is -0.603. The Morgan fingerprint density at radius 3 is 1.82 bits per heavy atom. The monoisotopic (exact) mass is 654 g/mol. The van der Waals surface area contributed by atoms with E-state index < -0.39 is 45.7 Å². The van der Waals surface area contributed by atoms with E-state index in [1.807, 2.05) is 0 Å². The summed E-state index contributed by atoms with van der Waals surface area (Å²) in [7, 11) is -4.26. The molecule has 1 aromatic carbocycles. The molecule has 1 aliphatic rings. The first-order chi connectivity index (χ1) is 20.7. The van der Waals surface area contributed by atoms with Crippen LogP contribution in [0.3, 0.4) is 0 Å².